The van der Waals surface area contributed by atoms with E-state index in [-0.39, 0.29) is 19.1 Å². The molecule has 1 unspecified atom stereocenters. The maximum Gasteiger partial charge on any atom is 0.350 e. The van der Waals surface area contributed by atoms with Crippen molar-refractivity contribution in [2.45, 2.75) is 31.6 Å². The SMILES string of the molecule is CCCC(C(N)=S)N1CCN(S(=O)(=O)C(F)F)CC1. The molecule has 5 nitrogen and oxygen atoms in total. The minimum absolute atomic E-state index is 0.0511. The summed E-state index contributed by atoms with van der Waals surface area (Å²) in [6.07, 6.45) is 1.69. The average Bonchev–Trinajstić information content (AvgIpc) is 2.35. The summed E-state index contributed by atoms with van der Waals surface area (Å²) in [5.74, 6) is -3.36. The summed E-state index contributed by atoms with van der Waals surface area (Å²) in [4.78, 5) is 2.33. The van der Waals surface area contributed by atoms with Crippen molar-refractivity contribution in [1.29, 1.82) is 0 Å². The molecule has 0 amide bonds. The molecule has 0 aromatic heterocycles. The molecule has 1 aliphatic heterocycles. The lowest BCUT2D eigenvalue weighted by molar-refractivity contribution is 0.151. The summed E-state index contributed by atoms with van der Waals surface area (Å²) in [7, 11) is -4.47. The fourth-order valence-electron chi connectivity index (χ4n) is 2.16. The number of hydrogen-bond donors (Lipinski definition) is 1. The van der Waals surface area contributed by atoms with Crippen molar-refractivity contribution >= 4 is 27.2 Å². The highest BCUT2D eigenvalue weighted by atomic mass is 32.2. The van der Waals surface area contributed by atoms with E-state index < -0.39 is 15.8 Å². The Bertz CT molecular complexity index is 409. The van der Waals surface area contributed by atoms with Crippen LogP contribution < -0.4 is 5.73 Å². The number of alkyl halides is 2. The lowest BCUT2D eigenvalue weighted by Crippen LogP contribution is -2.55. The van der Waals surface area contributed by atoms with Gasteiger partial charge < -0.3 is 5.73 Å². The molecule has 0 spiro atoms. The Morgan fingerprint density at radius 2 is 1.84 bits per heavy atom. The molecule has 1 rings (SSSR count). The molecule has 0 aromatic rings. The zero-order valence-electron chi connectivity index (χ0n) is 10.8. The predicted octanol–water partition coefficient (Wildman–Crippen LogP) is 0.611. The van der Waals surface area contributed by atoms with Gasteiger partial charge in [0, 0.05) is 26.2 Å². The monoisotopic (exact) mass is 315 g/mol. The molecule has 112 valence electrons. The molecule has 0 radical (unpaired) electrons. The van der Waals surface area contributed by atoms with Crippen molar-refractivity contribution < 1.29 is 17.2 Å². The van der Waals surface area contributed by atoms with E-state index in [9.17, 15) is 17.2 Å². The molecule has 1 saturated heterocycles. The van der Waals surface area contributed by atoms with Crippen LogP contribution in [-0.4, -0.2) is 60.6 Å². The first-order valence-corrected chi connectivity index (χ1v) is 8.02. The topological polar surface area (TPSA) is 66.6 Å². The Kier molecular flexibility index (Phi) is 6.03. The second-order valence-electron chi connectivity index (χ2n) is 4.45. The number of rotatable bonds is 6. The number of thiocarbonyl (C=S) groups is 1. The van der Waals surface area contributed by atoms with Crippen molar-refractivity contribution in [2.75, 3.05) is 26.2 Å². The summed E-state index contributed by atoms with van der Waals surface area (Å²) in [5, 5.41) is 0. The predicted molar refractivity (Wildman–Crippen MR) is 73.6 cm³/mol. The third kappa shape index (κ3) is 4.04. The van der Waals surface area contributed by atoms with E-state index in [1.807, 2.05) is 11.8 Å². The van der Waals surface area contributed by atoms with Gasteiger partial charge in [-0.3, -0.25) is 4.90 Å². The van der Waals surface area contributed by atoms with E-state index in [4.69, 9.17) is 18.0 Å². The molecule has 1 aliphatic rings. The third-order valence-electron chi connectivity index (χ3n) is 3.19. The van der Waals surface area contributed by atoms with Crippen LogP contribution in [-0.2, 0) is 10.0 Å². The van der Waals surface area contributed by atoms with E-state index >= 15 is 0 Å². The largest absolute Gasteiger partial charge is 0.392 e. The first-order chi connectivity index (χ1) is 8.80. The lowest BCUT2D eigenvalue weighted by Gasteiger charge is -2.38. The zero-order valence-corrected chi connectivity index (χ0v) is 12.4. The van der Waals surface area contributed by atoms with E-state index in [1.165, 1.54) is 0 Å². The Hall–Kier alpha value is -0.380. The smallest absolute Gasteiger partial charge is 0.350 e. The van der Waals surface area contributed by atoms with Crippen LogP contribution in [0.15, 0.2) is 0 Å². The van der Waals surface area contributed by atoms with E-state index in [1.54, 1.807) is 0 Å². The van der Waals surface area contributed by atoms with Crippen LogP contribution in [0.1, 0.15) is 19.8 Å². The minimum Gasteiger partial charge on any atom is -0.392 e. The first kappa shape index (κ1) is 16.7. The van der Waals surface area contributed by atoms with Gasteiger partial charge in [0.15, 0.2) is 0 Å². The number of hydrogen-bond acceptors (Lipinski definition) is 4. The standard InChI is InChI=1S/C10H19F2N3O2S2/c1-2-3-8(9(13)18)14-4-6-15(7-5-14)19(16,17)10(11)12/h8,10H,2-7H2,1H3,(H2,13,18). The highest BCUT2D eigenvalue weighted by Crippen LogP contribution is 2.17. The molecule has 1 fully saturated rings. The Morgan fingerprint density at radius 1 is 1.32 bits per heavy atom. The summed E-state index contributed by atoms with van der Waals surface area (Å²) < 4.78 is 48.3. The van der Waals surface area contributed by atoms with Gasteiger partial charge in [0.2, 0.25) is 0 Å². The van der Waals surface area contributed by atoms with Gasteiger partial charge in [0.05, 0.1) is 11.0 Å². The van der Waals surface area contributed by atoms with Gasteiger partial charge in [0.25, 0.3) is 10.0 Å². The number of nitrogens with two attached hydrogens (primary N) is 1. The van der Waals surface area contributed by atoms with E-state index in [0.717, 1.165) is 17.1 Å². The highest BCUT2D eigenvalue weighted by Gasteiger charge is 2.35. The second kappa shape index (κ2) is 6.87. The summed E-state index contributed by atoms with van der Waals surface area (Å²) in [6, 6.07) is -0.0867. The molecule has 19 heavy (non-hydrogen) atoms. The molecule has 1 heterocycles. The first-order valence-electron chi connectivity index (χ1n) is 6.11. The third-order valence-corrected chi connectivity index (χ3v) is 5.00. The fourth-order valence-corrected chi connectivity index (χ4v) is 3.33. The number of sulfonamides is 1. The van der Waals surface area contributed by atoms with Gasteiger partial charge >= 0.3 is 5.76 Å². The molecule has 2 N–H and O–H groups in total. The number of halogens is 2. The number of piperazine rings is 1. The van der Waals surface area contributed by atoms with Crippen molar-refractivity contribution in [3.05, 3.63) is 0 Å². The zero-order chi connectivity index (χ0) is 14.6. The fraction of sp³-hybridized carbons (Fsp3) is 0.900. The summed E-state index contributed by atoms with van der Waals surface area (Å²) >= 11 is 4.99. The van der Waals surface area contributed by atoms with Crippen molar-refractivity contribution in [3.63, 3.8) is 0 Å². The van der Waals surface area contributed by atoms with Gasteiger partial charge in [-0.1, -0.05) is 25.6 Å². The summed E-state index contributed by atoms with van der Waals surface area (Å²) in [6.45, 7) is 2.84. The molecule has 1 atom stereocenters. The van der Waals surface area contributed by atoms with Crippen LogP contribution in [0.4, 0.5) is 8.78 Å². The minimum atomic E-state index is -4.47. The molecule has 0 bridgehead atoms. The molecule has 0 saturated carbocycles. The van der Waals surface area contributed by atoms with Crippen LogP contribution in [0.2, 0.25) is 0 Å². The van der Waals surface area contributed by atoms with Gasteiger partial charge in [-0.2, -0.15) is 13.1 Å². The molecule has 0 aliphatic carbocycles. The molecule has 9 heteroatoms. The van der Waals surface area contributed by atoms with Crippen LogP contribution >= 0.6 is 12.2 Å². The van der Waals surface area contributed by atoms with Gasteiger partial charge in [-0.25, -0.2) is 8.42 Å². The second-order valence-corrected chi connectivity index (χ2v) is 6.82. The molecular weight excluding hydrogens is 296 g/mol. The normalized spacial score (nSPS) is 20.6. The lowest BCUT2D eigenvalue weighted by atomic mass is 10.1. The maximum atomic E-state index is 12.4. The maximum absolute atomic E-state index is 12.4. The van der Waals surface area contributed by atoms with Crippen LogP contribution in [0.3, 0.4) is 0 Å². The van der Waals surface area contributed by atoms with Crippen LogP contribution in [0, 0.1) is 0 Å². The van der Waals surface area contributed by atoms with Crippen molar-refractivity contribution in [1.82, 2.24) is 9.21 Å². The van der Waals surface area contributed by atoms with Gasteiger partial charge in [-0.15, -0.1) is 0 Å². The Morgan fingerprint density at radius 3 is 2.21 bits per heavy atom. The highest BCUT2D eigenvalue weighted by molar-refractivity contribution is 7.89. The number of nitrogens with zero attached hydrogens (tertiary/aromatic N) is 2. The Labute approximate surface area is 117 Å². The van der Waals surface area contributed by atoms with Gasteiger partial charge in [0.1, 0.15) is 0 Å². The van der Waals surface area contributed by atoms with Crippen molar-refractivity contribution in [2.24, 2.45) is 5.73 Å². The molecule has 0 aromatic carbocycles. The van der Waals surface area contributed by atoms with E-state index in [0.29, 0.717) is 18.1 Å². The van der Waals surface area contributed by atoms with Crippen molar-refractivity contribution in [3.8, 4) is 0 Å². The van der Waals surface area contributed by atoms with E-state index in [2.05, 4.69) is 0 Å². The quantitative estimate of drug-likeness (QED) is 0.728. The Balaban J connectivity index is 2.64. The van der Waals surface area contributed by atoms with Crippen LogP contribution in [0.5, 0.6) is 0 Å². The molecular formula is C10H19F2N3O2S2. The van der Waals surface area contributed by atoms with Gasteiger partial charge in [-0.05, 0) is 6.42 Å². The van der Waals surface area contributed by atoms with Crippen LogP contribution in [0.25, 0.3) is 0 Å². The summed E-state index contributed by atoms with van der Waals surface area (Å²) in [5.41, 5.74) is 5.66. The average molecular weight is 315 g/mol.